The third-order valence-electron chi connectivity index (χ3n) is 4.57. The number of hydrogen-bond acceptors (Lipinski definition) is 5. The van der Waals surface area contributed by atoms with Crippen LogP contribution in [0.5, 0.6) is 0 Å². The third-order valence-corrected chi connectivity index (χ3v) is 5.88. The van der Waals surface area contributed by atoms with E-state index in [4.69, 9.17) is 17.3 Å². The number of nitrogen functional groups attached to an aromatic ring is 1. The van der Waals surface area contributed by atoms with Crippen LogP contribution < -0.4 is 21.9 Å². The summed E-state index contributed by atoms with van der Waals surface area (Å²) >= 11 is 6.52. The first-order valence-electron chi connectivity index (χ1n) is 9.93. The van der Waals surface area contributed by atoms with Crippen molar-refractivity contribution in [2.45, 2.75) is 50.7 Å². The number of thioether (sulfide) groups is 1. The number of nitrogens with zero attached hydrogens (tertiary/aromatic N) is 2. The fourth-order valence-corrected chi connectivity index (χ4v) is 4.03. The molecule has 1 heterocycles. The van der Waals surface area contributed by atoms with Gasteiger partial charge in [0.2, 0.25) is 5.91 Å². The summed E-state index contributed by atoms with van der Waals surface area (Å²) in [6.45, 7) is 4.15. The Hall–Kier alpha value is -2.40. The summed E-state index contributed by atoms with van der Waals surface area (Å²) in [6.07, 6.45) is -2.77. The molecule has 0 spiro atoms. The Kier molecular flexibility index (Phi) is 8.85. The van der Waals surface area contributed by atoms with Gasteiger partial charge in [0.05, 0.1) is 16.3 Å². The molecular weight excluding hydrogens is 469 g/mol. The summed E-state index contributed by atoms with van der Waals surface area (Å²) in [6, 6.07) is 3.38. The van der Waals surface area contributed by atoms with E-state index in [1.54, 1.807) is 0 Å². The molecule has 0 fully saturated rings. The zero-order valence-corrected chi connectivity index (χ0v) is 19.2. The number of unbranched alkanes of at least 4 members (excludes halogenated alkanes) is 1. The summed E-state index contributed by atoms with van der Waals surface area (Å²) in [7, 11) is 0. The second-order valence-electron chi connectivity index (χ2n) is 6.97. The largest absolute Gasteiger partial charge is 0.417 e. The molecular formula is C20H24ClF3N4O3S. The van der Waals surface area contributed by atoms with Gasteiger partial charge in [0, 0.05) is 18.0 Å². The van der Waals surface area contributed by atoms with Gasteiger partial charge in [-0.25, -0.2) is 4.79 Å². The number of halogens is 4. The van der Waals surface area contributed by atoms with Crippen LogP contribution in [0.15, 0.2) is 32.7 Å². The first-order chi connectivity index (χ1) is 15.0. The van der Waals surface area contributed by atoms with Crippen molar-refractivity contribution >= 4 is 40.8 Å². The van der Waals surface area contributed by atoms with Crippen molar-refractivity contribution in [3.8, 4) is 0 Å². The lowest BCUT2D eigenvalue weighted by Crippen LogP contribution is -2.42. The van der Waals surface area contributed by atoms with Gasteiger partial charge in [-0.1, -0.05) is 31.9 Å². The normalized spacial score (nSPS) is 11.6. The number of rotatable bonds is 9. The van der Waals surface area contributed by atoms with Crippen LogP contribution in [-0.2, 0) is 17.5 Å². The number of hydrogen-bond donors (Lipinski definition) is 2. The minimum atomic E-state index is -4.63. The van der Waals surface area contributed by atoms with E-state index in [1.165, 1.54) is 15.5 Å². The molecule has 0 aliphatic heterocycles. The molecule has 2 rings (SSSR count). The molecule has 7 nitrogen and oxygen atoms in total. The zero-order chi connectivity index (χ0) is 24.1. The maximum atomic E-state index is 13.1. The maximum absolute atomic E-state index is 13.1. The summed E-state index contributed by atoms with van der Waals surface area (Å²) in [5.41, 5.74) is 3.49. The average molecular weight is 493 g/mol. The second kappa shape index (κ2) is 11.0. The van der Waals surface area contributed by atoms with Gasteiger partial charge in [0.25, 0.3) is 5.56 Å². The molecule has 0 atom stereocenters. The van der Waals surface area contributed by atoms with Crippen LogP contribution in [0.1, 0.15) is 38.7 Å². The summed E-state index contributed by atoms with van der Waals surface area (Å²) < 4.78 is 40.5. The quantitative estimate of drug-likeness (QED) is 0.513. The van der Waals surface area contributed by atoms with Gasteiger partial charge < -0.3 is 10.6 Å². The molecule has 0 aliphatic carbocycles. The first-order valence-corrected chi connectivity index (χ1v) is 11.3. The van der Waals surface area contributed by atoms with Crippen molar-refractivity contribution in [2.24, 2.45) is 0 Å². The Morgan fingerprint density at radius 3 is 2.53 bits per heavy atom. The van der Waals surface area contributed by atoms with Crippen molar-refractivity contribution in [3.05, 3.63) is 49.6 Å². The van der Waals surface area contributed by atoms with Gasteiger partial charge in [-0.15, -0.1) is 11.8 Å². The Morgan fingerprint density at radius 2 is 1.94 bits per heavy atom. The Balaban J connectivity index is 2.36. The van der Waals surface area contributed by atoms with Gasteiger partial charge in [-0.05, 0) is 31.0 Å². The van der Waals surface area contributed by atoms with Crippen molar-refractivity contribution < 1.29 is 18.0 Å². The van der Waals surface area contributed by atoms with Crippen molar-refractivity contribution in [2.75, 3.05) is 22.9 Å². The molecule has 176 valence electrons. The predicted molar refractivity (Wildman–Crippen MR) is 120 cm³/mol. The molecule has 3 N–H and O–H groups in total. The molecule has 0 unspecified atom stereocenters. The van der Waals surface area contributed by atoms with Crippen molar-refractivity contribution in [3.63, 3.8) is 0 Å². The van der Waals surface area contributed by atoms with Crippen molar-refractivity contribution in [1.82, 2.24) is 9.55 Å². The Morgan fingerprint density at radius 1 is 1.25 bits per heavy atom. The minimum absolute atomic E-state index is 0.124. The van der Waals surface area contributed by atoms with E-state index in [9.17, 15) is 27.6 Å². The van der Waals surface area contributed by atoms with E-state index in [1.807, 2.05) is 13.8 Å². The zero-order valence-electron chi connectivity index (χ0n) is 17.6. The Bertz CT molecular complexity index is 1090. The number of aromatic amines is 1. The molecule has 32 heavy (non-hydrogen) atoms. The average Bonchev–Trinajstić information content (AvgIpc) is 2.71. The monoisotopic (exact) mass is 492 g/mol. The molecule has 0 aliphatic rings. The number of H-pyrrole nitrogens is 1. The molecule has 0 radical (unpaired) electrons. The molecule has 1 amide bonds. The van der Waals surface area contributed by atoms with Crippen molar-refractivity contribution in [1.29, 1.82) is 0 Å². The molecule has 12 heteroatoms. The van der Waals surface area contributed by atoms with E-state index in [-0.39, 0.29) is 35.2 Å². The Labute approximate surface area is 191 Å². The second-order valence-corrected chi connectivity index (χ2v) is 8.43. The lowest BCUT2D eigenvalue weighted by molar-refractivity contribution is -0.137. The number of amides is 1. The molecule has 1 aromatic heterocycles. The maximum Gasteiger partial charge on any atom is 0.417 e. The number of carbonyl (C=O) groups excluding carboxylic acids is 1. The first kappa shape index (κ1) is 25.9. The van der Waals surface area contributed by atoms with Crippen LogP contribution in [0.25, 0.3) is 0 Å². The highest BCUT2D eigenvalue weighted by molar-refractivity contribution is 8.00. The summed E-state index contributed by atoms with van der Waals surface area (Å²) in [5, 5.41) is -0.435. The van der Waals surface area contributed by atoms with Crippen LogP contribution in [0.2, 0.25) is 5.02 Å². The van der Waals surface area contributed by atoms with Crippen LogP contribution in [-0.4, -0.2) is 27.8 Å². The van der Waals surface area contributed by atoms with E-state index >= 15 is 0 Å². The summed E-state index contributed by atoms with van der Waals surface area (Å²) in [5.74, 6) is -0.888. The summed E-state index contributed by atoms with van der Waals surface area (Å²) in [4.78, 5) is 41.1. The van der Waals surface area contributed by atoms with Gasteiger partial charge in [-0.3, -0.25) is 19.1 Å². The van der Waals surface area contributed by atoms with Crippen LogP contribution >= 0.6 is 23.4 Å². The van der Waals surface area contributed by atoms with Crippen LogP contribution in [0.4, 0.5) is 24.7 Å². The van der Waals surface area contributed by atoms with E-state index in [0.29, 0.717) is 12.8 Å². The molecule has 0 bridgehead atoms. The highest BCUT2D eigenvalue weighted by Crippen LogP contribution is 2.37. The highest BCUT2D eigenvalue weighted by atomic mass is 35.5. The smallest absolute Gasteiger partial charge is 0.383 e. The number of alkyl halides is 3. The number of anilines is 2. The molecule has 2 aromatic rings. The molecule has 0 saturated carbocycles. The van der Waals surface area contributed by atoms with Crippen LogP contribution in [0.3, 0.4) is 0 Å². The van der Waals surface area contributed by atoms with E-state index in [0.717, 1.165) is 30.3 Å². The van der Waals surface area contributed by atoms with Gasteiger partial charge in [0.15, 0.2) is 5.69 Å². The predicted octanol–water partition coefficient (Wildman–Crippen LogP) is 4.13. The third kappa shape index (κ3) is 6.10. The SMILES string of the molecule is CCCCN(C(=O)CSc1ccc(Cl)c(C(F)(F)F)c1)c1c(N)n(CCC)c(=O)[nH]c1=O. The fraction of sp³-hybridized carbons (Fsp3) is 0.450. The molecule has 1 aromatic carbocycles. The number of benzene rings is 1. The number of aromatic nitrogens is 2. The van der Waals surface area contributed by atoms with Gasteiger partial charge in [0.1, 0.15) is 5.82 Å². The lowest BCUT2D eigenvalue weighted by Gasteiger charge is -2.24. The number of nitrogens with one attached hydrogen (secondary N) is 1. The minimum Gasteiger partial charge on any atom is -0.383 e. The standard InChI is InChI=1S/C20H24ClF3N4O3S/c1-3-5-9-27(16-17(25)28(8-4-2)19(31)26-18(16)30)15(29)11-32-12-6-7-14(21)13(10-12)20(22,23)24/h6-7,10H,3-5,8-9,11,25H2,1-2H3,(H,26,30,31). The van der Waals surface area contributed by atoms with Gasteiger partial charge in [-0.2, -0.15) is 13.2 Å². The van der Waals surface area contributed by atoms with E-state index in [2.05, 4.69) is 4.98 Å². The van der Waals surface area contributed by atoms with E-state index < -0.39 is 33.9 Å². The molecule has 0 saturated heterocycles. The number of nitrogens with two attached hydrogens (primary N) is 1. The lowest BCUT2D eigenvalue weighted by atomic mass is 10.2. The van der Waals surface area contributed by atoms with Gasteiger partial charge >= 0.3 is 11.9 Å². The highest BCUT2D eigenvalue weighted by Gasteiger charge is 2.33. The number of carbonyl (C=O) groups is 1. The fourth-order valence-electron chi connectivity index (χ4n) is 3.00. The van der Waals surface area contributed by atoms with Crippen LogP contribution in [0, 0.1) is 0 Å². The topological polar surface area (TPSA) is 101 Å².